The summed E-state index contributed by atoms with van der Waals surface area (Å²) < 4.78 is 16.4. The van der Waals surface area contributed by atoms with Crippen molar-refractivity contribution >= 4 is 5.96 Å². The molecule has 1 saturated heterocycles. The minimum Gasteiger partial charge on any atom is -0.496 e. The van der Waals surface area contributed by atoms with E-state index in [0.29, 0.717) is 13.2 Å². The second-order valence-electron chi connectivity index (χ2n) is 6.71. The third-order valence-electron chi connectivity index (χ3n) is 4.86. The molecule has 1 aliphatic heterocycles. The first-order chi connectivity index (χ1) is 12.6. The van der Waals surface area contributed by atoms with Crippen LogP contribution in [0.3, 0.4) is 0 Å². The summed E-state index contributed by atoms with van der Waals surface area (Å²) >= 11 is 0. The number of rotatable bonds is 8. The van der Waals surface area contributed by atoms with Gasteiger partial charge >= 0.3 is 0 Å². The molecular formula is C20H33N3O3. The highest BCUT2D eigenvalue weighted by Crippen LogP contribution is 2.40. The van der Waals surface area contributed by atoms with Crippen molar-refractivity contribution in [2.75, 3.05) is 53.7 Å². The number of benzene rings is 1. The highest BCUT2D eigenvalue weighted by molar-refractivity contribution is 5.79. The van der Waals surface area contributed by atoms with Gasteiger partial charge in [0.25, 0.3) is 0 Å². The molecule has 0 unspecified atom stereocenters. The van der Waals surface area contributed by atoms with Crippen molar-refractivity contribution in [3.05, 3.63) is 29.3 Å². The first-order valence-electron chi connectivity index (χ1n) is 9.39. The zero-order chi connectivity index (χ0) is 18.8. The van der Waals surface area contributed by atoms with Crippen LogP contribution in [0.15, 0.2) is 23.2 Å². The van der Waals surface area contributed by atoms with E-state index < -0.39 is 0 Å². The number of nitrogens with zero attached hydrogens (tertiary/aromatic N) is 1. The van der Waals surface area contributed by atoms with E-state index in [0.717, 1.165) is 50.9 Å². The van der Waals surface area contributed by atoms with Gasteiger partial charge in [-0.25, -0.2) is 0 Å². The Morgan fingerprint density at radius 1 is 1.23 bits per heavy atom. The number of guanidine groups is 1. The summed E-state index contributed by atoms with van der Waals surface area (Å²) in [6.07, 6.45) is 1.88. The summed E-state index contributed by atoms with van der Waals surface area (Å²) in [6.45, 7) is 8.58. The predicted octanol–water partition coefficient (Wildman–Crippen LogP) is 2.25. The normalized spacial score (nSPS) is 17.0. The first-order valence-corrected chi connectivity index (χ1v) is 9.39. The van der Waals surface area contributed by atoms with Gasteiger partial charge in [0.15, 0.2) is 5.96 Å². The second-order valence-corrected chi connectivity index (χ2v) is 6.71. The molecule has 1 aromatic rings. The van der Waals surface area contributed by atoms with E-state index in [9.17, 15) is 0 Å². The van der Waals surface area contributed by atoms with Gasteiger partial charge in [-0.2, -0.15) is 0 Å². The molecule has 0 spiro atoms. The van der Waals surface area contributed by atoms with E-state index in [-0.39, 0.29) is 5.41 Å². The van der Waals surface area contributed by atoms with E-state index in [1.54, 1.807) is 14.2 Å². The van der Waals surface area contributed by atoms with Crippen molar-refractivity contribution in [2.45, 2.75) is 32.1 Å². The van der Waals surface area contributed by atoms with Crippen LogP contribution in [0.1, 0.15) is 30.9 Å². The fourth-order valence-electron chi connectivity index (χ4n) is 3.35. The molecule has 0 aromatic heterocycles. The van der Waals surface area contributed by atoms with Crippen LogP contribution in [-0.2, 0) is 14.9 Å². The molecular weight excluding hydrogens is 330 g/mol. The van der Waals surface area contributed by atoms with E-state index in [1.807, 2.05) is 0 Å². The second kappa shape index (κ2) is 10.4. The third kappa shape index (κ3) is 5.35. The number of nitrogens with one attached hydrogen (secondary N) is 2. The van der Waals surface area contributed by atoms with Crippen molar-refractivity contribution in [2.24, 2.45) is 4.99 Å². The Morgan fingerprint density at radius 3 is 2.65 bits per heavy atom. The molecule has 2 N–H and O–H groups in total. The smallest absolute Gasteiger partial charge is 0.191 e. The standard InChI is InChI=1S/C20H33N3O3/c1-5-21-19(22-10-13-24-3)23-15-20(8-11-26-12-9-20)17-14-16(2)6-7-18(17)25-4/h6-7,14H,5,8-13,15H2,1-4H3,(H2,21,22,23). The SMILES string of the molecule is CCNC(=NCC1(c2cc(C)ccc2OC)CCOCC1)NCCOC. The molecule has 26 heavy (non-hydrogen) atoms. The van der Waals surface area contributed by atoms with Crippen molar-refractivity contribution in [1.82, 2.24) is 10.6 Å². The highest BCUT2D eigenvalue weighted by Gasteiger charge is 2.37. The molecule has 6 nitrogen and oxygen atoms in total. The van der Waals surface area contributed by atoms with Gasteiger partial charge in [-0.15, -0.1) is 0 Å². The van der Waals surface area contributed by atoms with Gasteiger partial charge in [-0.3, -0.25) is 4.99 Å². The molecule has 0 amide bonds. The molecule has 1 aliphatic rings. The summed E-state index contributed by atoms with van der Waals surface area (Å²) in [4.78, 5) is 4.89. The number of hydrogen-bond acceptors (Lipinski definition) is 4. The lowest BCUT2D eigenvalue weighted by molar-refractivity contribution is 0.0522. The van der Waals surface area contributed by atoms with Crippen LogP contribution in [0.2, 0.25) is 0 Å². The minimum absolute atomic E-state index is 0.0702. The summed E-state index contributed by atoms with van der Waals surface area (Å²) in [5.74, 6) is 1.76. The molecule has 6 heteroatoms. The number of hydrogen-bond donors (Lipinski definition) is 2. The minimum atomic E-state index is -0.0702. The Hall–Kier alpha value is -1.79. The third-order valence-corrected chi connectivity index (χ3v) is 4.86. The zero-order valence-electron chi connectivity index (χ0n) is 16.6. The number of ether oxygens (including phenoxy) is 3. The predicted molar refractivity (Wildman–Crippen MR) is 105 cm³/mol. The Kier molecular flexibility index (Phi) is 8.19. The molecule has 0 bridgehead atoms. The van der Waals surface area contributed by atoms with Crippen molar-refractivity contribution in [1.29, 1.82) is 0 Å². The maximum Gasteiger partial charge on any atom is 0.191 e. The van der Waals surface area contributed by atoms with Crippen molar-refractivity contribution in [3.8, 4) is 5.75 Å². The van der Waals surface area contributed by atoms with Crippen LogP contribution in [0.5, 0.6) is 5.75 Å². The van der Waals surface area contributed by atoms with Crippen LogP contribution in [-0.4, -0.2) is 59.6 Å². The number of aliphatic imine (C=N–C) groups is 1. The van der Waals surface area contributed by atoms with Crippen LogP contribution in [0.25, 0.3) is 0 Å². The first kappa shape index (κ1) is 20.5. The lowest BCUT2D eigenvalue weighted by atomic mass is 9.73. The van der Waals surface area contributed by atoms with E-state index in [2.05, 4.69) is 42.7 Å². The summed E-state index contributed by atoms with van der Waals surface area (Å²) in [5, 5.41) is 6.63. The molecule has 0 radical (unpaired) electrons. The monoisotopic (exact) mass is 363 g/mol. The van der Waals surface area contributed by atoms with Crippen LogP contribution < -0.4 is 15.4 Å². The van der Waals surface area contributed by atoms with Gasteiger partial charge in [0.2, 0.25) is 0 Å². The molecule has 0 saturated carbocycles. The van der Waals surface area contributed by atoms with Gasteiger partial charge in [-0.1, -0.05) is 17.7 Å². The topological polar surface area (TPSA) is 64.1 Å². The Bertz CT molecular complexity index is 584. The largest absolute Gasteiger partial charge is 0.496 e. The van der Waals surface area contributed by atoms with E-state index >= 15 is 0 Å². The van der Waals surface area contributed by atoms with Gasteiger partial charge in [0, 0.05) is 44.4 Å². The molecule has 0 atom stereocenters. The van der Waals surface area contributed by atoms with Crippen LogP contribution >= 0.6 is 0 Å². The van der Waals surface area contributed by atoms with Gasteiger partial charge in [-0.05, 0) is 32.8 Å². The summed E-state index contributed by atoms with van der Waals surface area (Å²) in [7, 11) is 3.44. The fraction of sp³-hybridized carbons (Fsp3) is 0.650. The number of methoxy groups -OCH3 is 2. The van der Waals surface area contributed by atoms with Gasteiger partial charge < -0.3 is 24.8 Å². The zero-order valence-corrected chi connectivity index (χ0v) is 16.6. The van der Waals surface area contributed by atoms with Crippen LogP contribution in [0.4, 0.5) is 0 Å². The van der Waals surface area contributed by atoms with Gasteiger partial charge in [0.1, 0.15) is 5.75 Å². The molecule has 1 aromatic carbocycles. The fourth-order valence-corrected chi connectivity index (χ4v) is 3.35. The Balaban J connectivity index is 2.28. The van der Waals surface area contributed by atoms with Crippen LogP contribution in [0, 0.1) is 6.92 Å². The maximum absolute atomic E-state index is 5.68. The maximum atomic E-state index is 5.68. The molecule has 146 valence electrons. The summed E-state index contributed by atoms with van der Waals surface area (Å²) in [5.41, 5.74) is 2.40. The quantitative estimate of drug-likeness (QED) is 0.421. The Morgan fingerprint density at radius 2 is 2.00 bits per heavy atom. The Labute approximate surface area is 157 Å². The lowest BCUT2D eigenvalue weighted by Crippen LogP contribution is -2.42. The van der Waals surface area contributed by atoms with E-state index in [1.165, 1.54) is 11.1 Å². The average Bonchev–Trinajstić information content (AvgIpc) is 2.67. The van der Waals surface area contributed by atoms with E-state index in [4.69, 9.17) is 19.2 Å². The molecule has 1 heterocycles. The van der Waals surface area contributed by atoms with Gasteiger partial charge in [0.05, 0.1) is 20.3 Å². The number of aryl methyl sites for hydroxylation is 1. The molecule has 0 aliphatic carbocycles. The average molecular weight is 364 g/mol. The van der Waals surface area contributed by atoms with Crippen molar-refractivity contribution in [3.63, 3.8) is 0 Å². The molecule has 1 fully saturated rings. The lowest BCUT2D eigenvalue weighted by Gasteiger charge is -2.37. The van der Waals surface area contributed by atoms with Crippen molar-refractivity contribution < 1.29 is 14.2 Å². The highest BCUT2D eigenvalue weighted by atomic mass is 16.5. The summed E-state index contributed by atoms with van der Waals surface area (Å²) in [6, 6.07) is 6.40. The molecule has 2 rings (SSSR count).